The van der Waals surface area contributed by atoms with Crippen LogP contribution < -0.4 is 0 Å². The van der Waals surface area contributed by atoms with Gasteiger partial charge < -0.3 is 14.0 Å². The summed E-state index contributed by atoms with van der Waals surface area (Å²) in [6, 6.07) is 9.89. The summed E-state index contributed by atoms with van der Waals surface area (Å²) >= 11 is 0. The summed E-state index contributed by atoms with van der Waals surface area (Å²) in [5.74, 6) is 1.22. The maximum Gasteiger partial charge on any atom is 0.253 e. The van der Waals surface area contributed by atoms with Crippen molar-refractivity contribution >= 4 is 5.91 Å². The zero-order valence-corrected chi connectivity index (χ0v) is 15.2. The van der Waals surface area contributed by atoms with Crippen molar-refractivity contribution in [1.82, 2.24) is 19.0 Å². The van der Waals surface area contributed by atoms with Gasteiger partial charge >= 0.3 is 0 Å². The highest BCUT2D eigenvalue weighted by molar-refractivity contribution is 5.95. The molecule has 3 aromatic rings. The molecule has 0 N–H and O–H groups in total. The van der Waals surface area contributed by atoms with Crippen molar-refractivity contribution in [1.29, 1.82) is 0 Å². The van der Waals surface area contributed by atoms with Crippen LogP contribution in [0, 0.1) is 11.8 Å². The van der Waals surface area contributed by atoms with Crippen LogP contribution in [0.25, 0.3) is 11.4 Å². The van der Waals surface area contributed by atoms with E-state index in [1.165, 1.54) is 6.42 Å². The SMILES string of the molecule is CC1CC(C)CN(C(=O)c2ccc(-n3ccnc3)c(-n3cccc3)c2)C1. The summed E-state index contributed by atoms with van der Waals surface area (Å²) < 4.78 is 4.00. The highest BCUT2D eigenvalue weighted by Gasteiger charge is 2.26. The van der Waals surface area contributed by atoms with Crippen molar-refractivity contribution in [2.45, 2.75) is 20.3 Å². The van der Waals surface area contributed by atoms with Crippen LogP contribution in [0.15, 0.2) is 61.4 Å². The Balaban J connectivity index is 1.72. The topological polar surface area (TPSA) is 43.1 Å². The van der Waals surface area contributed by atoms with Gasteiger partial charge in [-0.2, -0.15) is 0 Å². The molecule has 1 aromatic carbocycles. The lowest BCUT2D eigenvalue weighted by Gasteiger charge is -2.35. The lowest BCUT2D eigenvalue weighted by molar-refractivity contribution is 0.0623. The molecule has 3 heterocycles. The van der Waals surface area contributed by atoms with Crippen molar-refractivity contribution < 1.29 is 4.79 Å². The molecule has 2 atom stereocenters. The van der Waals surface area contributed by atoms with Crippen LogP contribution in [-0.2, 0) is 0 Å². The molecule has 1 saturated heterocycles. The van der Waals surface area contributed by atoms with Crippen LogP contribution in [0.5, 0.6) is 0 Å². The fraction of sp³-hybridized carbons (Fsp3) is 0.333. The first kappa shape index (κ1) is 16.6. The van der Waals surface area contributed by atoms with Gasteiger partial charge in [0, 0.05) is 43.4 Å². The van der Waals surface area contributed by atoms with Crippen molar-refractivity contribution in [2.24, 2.45) is 11.8 Å². The van der Waals surface area contributed by atoms with Crippen molar-refractivity contribution in [3.05, 3.63) is 67.0 Å². The zero-order valence-electron chi connectivity index (χ0n) is 15.2. The van der Waals surface area contributed by atoms with Gasteiger partial charge in [0.25, 0.3) is 5.91 Å². The predicted molar refractivity (Wildman–Crippen MR) is 102 cm³/mol. The summed E-state index contributed by atoms with van der Waals surface area (Å²) in [6.45, 7) is 6.13. The average molecular weight is 348 g/mol. The van der Waals surface area contributed by atoms with Crippen molar-refractivity contribution in [3.63, 3.8) is 0 Å². The number of amides is 1. The van der Waals surface area contributed by atoms with Crippen molar-refractivity contribution in [2.75, 3.05) is 13.1 Å². The Morgan fingerprint density at radius 2 is 1.73 bits per heavy atom. The fourth-order valence-corrected chi connectivity index (χ4v) is 3.99. The summed E-state index contributed by atoms with van der Waals surface area (Å²) in [6.07, 6.45) is 10.6. The van der Waals surface area contributed by atoms with Crippen LogP contribution >= 0.6 is 0 Å². The molecule has 4 rings (SSSR count). The second-order valence-electron chi connectivity index (χ2n) is 7.42. The highest BCUT2D eigenvalue weighted by Crippen LogP contribution is 2.25. The van der Waals surface area contributed by atoms with Gasteiger partial charge in [-0.1, -0.05) is 13.8 Å². The molecule has 0 bridgehead atoms. The van der Waals surface area contributed by atoms with Gasteiger partial charge in [0.05, 0.1) is 17.7 Å². The standard InChI is InChI=1S/C21H24N4O/c1-16-11-17(2)14-25(13-16)21(26)18-5-6-19(24-10-7-22-15-24)20(12-18)23-8-3-4-9-23/h3-10,12,15-17H,11,13-14H2,1-2H3. The van der Waals surface area contributed by atoms with Crippen LogP contribution in [0.1, 0.15) is 30.6 Å². The van der Waals surface area contributed by atoms with Gasteiger partial charge in [0.1, 0.15) is 0 Å². The number of rotatable bonds is 3. The molecule has 2 aromatic heterocycles. The van der Waals surface area contributed by atoms with E-state index in [2.05, 4.69) is 18.8 Å². The smallest absolute Gasteiger partial charge is 0.253 e. The van der Waals surface area contributed by atoms with E-state index in [-0.39, 0.29) is 5.91 Å². The molecule has 1 fully saturated rings. The number of aromatic nitrogens is 3. The number of benzene rings is 1. The molecule has 0 radical (unpaired) electrons. The van der Waals surface area contributed by atoms with E-state index in [0.717, 1.165) is 30.0 Å². The summed E-state index contributed by atoms with van der Waals surface area (Å²) in [5, 5.41) is 0. The summed E-state index contributed by atoms with van der Waals surface area (Å²) in [5.41, 5.74) is 2.70. The third-order valence-corrected chi connectivity index (χ3v) is 5.04. The quantitative estimate of drug-likeness (QED) is 0.723. The van der Waals surface area contributed by atoms with E-state index < -0.39 is 0 Å². The van der Waals surface area contributed by atoms with E-state index >= 15 is 0 Å². The Hall–Kier alpha value is -2.82. The van der Waals surface area contributed by atoms with Gasteiger partial charge in [-0.05, 0) is 48.6 Å². The molecule has 1 amide bonds. The maximum atomic E-state index is 13.1. The minimum absolute atomic E-state index is 0.119. The van der Waals surface area contributed by atoms with Gasteiger partial charge in [0.2, 0.25) is 0 Å². The first-order valence-corrected chi connectivity index (χ1v) is 9.17. The Kier molecular flexibility index (Phi) is 4.37. The summed E-state index contributed by atoms with van der Waals surface area (Å²) in [7, 11) is 0. The number of carbonyl (C=O) groups is 1. The van der Waals surface area contributed by atoms with Gasteiger partial charge in [-0.15, -0.1) is 0 Å². The van der Waals surface area contributed by atoms with E-state index in [4.69, 9.17) is 0 Å². The van der Waals surface area contributed by atoms with E-state index in [1.54, 1.807) is 12.5 Å². The molecular weight excluding hydrogens is 324 g/mol. The maximum absolute atomic E-state index is 13.1. The predicted octanol–water partition coefficient (Wildman–Crippen LogP) is 3.78. The van der Waals surface area contributed by atoms with E-state index in [1.807, 2.05) is 63.0 Å². The number of hydrogen-bond acceptors (Lipinski definition) is 2. The molecule has 5 nitrogen and oxygen atoms in total. The third-order valence-electron chi connectivity index (χ3n) is 5.04. The lowest BCUT2D eigenvalue weighted by Crippen LogP contribution is -2.42. The molecule has 26 heavy (non-hydrogen) atoms. The first-order chi connectivity index (χ1) is 12.6. The Morgan fingerprint density at radius 3 is 2.38 bits per heavy atom. The fourth-order valence-electron chi connectivity index (χ4n) is 3.99. The molecule has 0 saturated carbocycles. The molecule has 134 valence electrons. The number of carbonyl (C=O) groups excluding carboxylic acids is 1. The lowest BCUT2D eigenvalue weighted by atomic mass is 9.91. The Morgan fingerprint density at radius 1 is 1.00 bits per heavy atom. The summed E-state index contributed by atoms with van der Waals surface area (Å²) in [4.78, 5) is 19.3. The second-order valence-corrected chi connectivity index (χ2v) is 7.42. The average Bonchev–Trinajstić information content (AvgIpc) is 3.33. The van der Waals surface area contributed by atoms with E-state index in [9.17, 15) is 4.79 Å². The molecule has 5 heteroatoms. The largest absolute Gasteiger partial charge is 0.338 e. The Labute approximate surface area is 153 Å². The molecule has 2 unspecified atom stereocenters. The normalized spacial score (nSPS) is 20.3. The molecule has 1 aliphatic rings. The first-order valence-electron chi connectivity index (χ1n) is 9.17. The minimum Gasteiger partial charge on any atom is -0.338 e. The number of hydrogen-bond donors (Lipinski definition) is 0. The van der Waals surface area contributed by atoms with Crippen LogP contribution in [0.4, 0.5) is 0 Å². The zero-order chi connectivity index (χ0) is 18.1. The van der Waals surface area contributed by atoms with Gasteiger partial charge in [0.15, 0.2) is 0 Å². The number of piperidine rings is 1. The molecule has 0 spiro atoms. The van der Waals surface area contributed by atoms with Crippen LogP contribution in [0.3, 0.4) is 0 Å². The second kappa shape index (κ2) is 6.83. The number of imidazole rings is 1. The van der Waals surface area contributed by atoms with Crippen LogP contribution in [0.2, 0.25) is 0 Å². The molecule has 1 aliphatic heterocycles. The van der Waals surface area contributed by atoms with E-state index in [0.29, 0.717) is 11.8 Å². The number of likely N-dealkylation sites (tertiary alicyclic amines) is 1. The third kappa shape index (κ3) is 3.17. The molecule has 0 aliphatic carbocycles. The number of nitrogens with zero attached hydrogens (tertiary/aromatic N) is 4. The highest BCUT2D eigenvalue weighted by atomic mass is 16.2. The van der Waals surface area contributed by atoms with Crippen LogP contribution in [-0.4, -0.2) is 38.0 Å². The minimum atomic E-state index is 0.119. The van der Waals surface area contributed by atoms with Gasteiger partial charge in [-0.25, -0.2) is 4.98 Å². The van der Waals surface area contributed by atoms with Gasteiger partial charge in [-0.3, -0.25) is 4.79 Å². The monoisotopic (exact) mass is 348 g/mol. The Bertz CT molecular complexity index is 873. The van der Waals surface area contributed by atoms with Crippen molar-refractivity contribution in [3.8, 4) is 11.4 Å². The molecular formula is C21H24N4O.